The van der Waals surface area contributed by atoms with Crippen LogP contribution in [0.1, 0.15) is 0 Å². The Hall–Kier alpha value is -5.55. The zero-order valence-electron chi connectivity index (χ0n) is 23.7. The van der Waals surface area contributed by atoms with Crippen molar-refractivity contribution >= 4 is 38.4 Å². The number of methoxy groups -OCH3 is 2. The number of nitrogens with one attached hydrogen (secondary N) is 2. The van der Waals surface area contributed by atoms with Crippen LogP contribution in [0.5, 0.6) is 28.9 Å². The Balaban J connectivity index is 1.51. The molecule has 232 valence electrons. The van der Waals surface area contributed by atoms with Gasteiger partial charge in [-0.15, -0.1) is 11.3 Å². The lowest BCUT2D eigenvalue weighted by molar-refractivity contribution is 0.135. The maximum Gasteiger partial charge on any atom is 0.413 e. The number of benzene rings is 2. The van der Waals surface area contributed by atoms with Crippen LogP contribution in [0, 0.1) is 0 Å². The molecule has 0 atom stereocenters. The first kappa shape index (κ1) is 30.9. The number of carbonyl (C=O) groups is 1. The van der Waals surface area contributed by atoms with Gasteiger partial charge in [-0.05, 0) is 42.5 Å². The Morgan fingerprint density at radius 1 is 0.844 bits per heavy atom. The summed E-state index contributed by atoms with van der Waals surface area (Å²) < 4.78 is 57.2. The van der Waals surface area contributed by atoms with Crippen molar-refractivity contribution in [2.75, 3.05) is 37.5 Å². The van der Waals surface area contributed by atoms with E-state index < -0.39 is 16.1 Å². The van der Waals surface area contributed by atoms with Crippen molar-refractivity contribution in [3.63, 3.8) is 0 Å². The Bertz CT molecular complexity index is 1840. The molecular formula is C28H25N7O8S2. The number of hydrogen-bond acceptors (Lipinski definition) is 14. The number of aromatic nitrogens is 5. The third-order valence-electron chi connectivity index (χ3n) is 5.68. The van der Waals surface area contributed by atoms with Gasteiger partial charge in [-0.2, -0.15) is 4.98 Å². The number of ether oxygens (including phenoxy) is 5. The highest BCUT2D eigenvalue weighted by molar-refractivity contribution is 7.92. The molecule has 2 aromatic carbocycles. The number of rotatable bonds is 13. The van der Waals surface area contributed by atoms with Crippen molar-refractivity contribution in [2.45, 2.75) is 4.90 Å². The minimum absolute atomic E-state index is 0.0761. The first-order chi connectivity index (χ1) is 21.9. The van der Waals surface area contributed by atoms with Gasteiger partial charge < -0.3 is 23.7 Å². The number of anilines is 2. The lowest BCUT2D eigenvalue weighted by Gasteiger charge is -2.18. The van der Waals surface area contributed by atoms with E-state index in [0.29, 0.717) is 16.6 Å². The van der Waals surface area contributed by atoms with Crippen LogP contribution in [0.3, 0.4) is 0 Å². The van der Waals surface area contributed by atoms with Gasteiger partial charge in [0.1, 0.15) is 19.0 Å². The summed E-state index contributed by atoms with van der Waals surface area (Å²) in [4.78, 5) is 33.2. The Morgan fingerprint density at radius 2 is 1.60 bits per heavy atom. The molecule has 2 N–H and O–H groups in total. The van der Waals surface area contributed by atoms with E-state index in [1.54, 1.807) is 35.7 Å². The highest BCUT2D eigenvalue weighted by Crippen LogP contribution is 2.41. The maximum atomic E-state index is 13.5. The predicted molar refractivity (Wildman–Crippen MR) is 163 cm³/mol. The molecule has 0 aliphatic carbocycles. The second-order valence-electron chi connectivity index (χ2n) is 8.58. The van der Waals surface area contributed by atoms with Crippen molar-refractivity contribution in [3.8, 4) is 40.5 Å². The van der Waals surface area contributed by atoms with Gasteiger partial charge in [0, 0.05) is 24.0 Å². The predicted octanol–water partition coefficient (Wildman–Crippen LogP) is 4.63. The fourth-order valence-corrected chi connectivity index (χ4v) is 5.16. The monoisotopic (exact) mass is 651 g/mol. The highest BCUT2D eigenvalue weighted by atomic mass is 32.2. The molecule has 0 radical (unpaired) electrons. The normalized spacial score (nSPS) is 10.9. The van der Waals surface area contributed by atoms with E-state index in [0.717, 1.165) is 0 Å². The van der Waals surface area contributed by atoms with E-state index in [1.807, 2.05) is 0 Å². The fraction of sp³-hybridized carbons (Fsp3) is 0.143. The largest absolute Gasteiger partial charge is 0.497 e. The lowest BCUT2D eigenvalue weighted by atomic mass is 10.3. The van der Waals surface area contributed by atoms with Crippen molar-refractivity contribution in [3.05, 3.63) is 78.6 Å². The van der Waals surface area contributed by atoms with E-state index >= 15 is 0 Å². The second kappa shape index (κ2) is 14.3. The summed E-state index contributed by atoms with van der Waals surface area (Å²) in [7, 11) is -1.31. The Morgan fingerprint density at radius 3 is 2.29 bits per heavy atom. The van der Waals surface area contributed by atoms with E-state index in [9.17, 15) is 13.2 Å². The average molecular weight is 652 g/mol. The van der Waals surface area contributed by atoms with Crippen molar-refractivity contribution in [1.29, 1.82) is 0 Å². The molecule has 5 rings (SSSR count). The number of sulfonamides is 1. The summed E-state index contributed by atoms with van der Waals surface area (Å²) in [5, 5.41) is 4.56. The summed E-state index contributed by atoms with van der Waals surface area (Å²) in [6.45, 7) is -0.413. The molecule has 15 nitrogen and oxygen atoms in total. The molecule has 0 unspecified atom stereocenters. The number of carbonyl (C=O) groups excluding carboxylic acids is 1. The fourth-order valence-electron chi connectivity index (χ4n) is 3.64. The molecule has 3 heterocycles. The van der Waals surface area contributed by atoms with Gasteiger partial charge in [-0.1, -0.05) is 12.1 Å². The summed E-state index contributed by atoms with van der Waals surface area (Å²) >= 11 is 1.23. The molecule has 0 saturated heterocycles. The summed E-state index contributed by atoms with van der Waals surface area (Å²) in [6.07, 6.45) is 3.74. The topological polar surface area (TPSA) is 186 Å². The van der Waals surface area contributed by atoms with Crippen LogP contribution in [-0.4, -0.2) is 66.9 Å². The molecule has 0 aliphatic rings. The third kappa shape index (κ3) is 7.89. The molecule has 0 bridgehead atoms. The molecule has 0 aliphatic heterocycles. The van der Waals surface area contributed by atoms with Crippen LogP contribution in [0.15, 0.2) is 83.5 Å². The minimum Gasteiger partial charge on any atom is -0.497 e. The number of hydrogen-bond donors (Lipinski definition) is 2. The maximum absolute atomic E-state index is 13.5. The Kier molecular flexibility index (Phi) is 9.80. The first-order valence-corrected chi connectivity index (χ1v) is 15.4. The minimum atomic E-state index is -4.23. The molecule has 5 aromatic rings. The van der Waals surface area contributed by atoms with Gasteiger partial charge in [0.05, 0.1) is 19.1 Å². The smallest absolute Gasteiger partial charge is 0.413 e. The molecule has 45 heavy (non-hydrogen) atoms. The highest BCUT2D eigenvalue weighted by Gasteiger charge is 2.26. The van der Waals surface area contributed by atoms with Gasteiger partial charge in [0.25, 0.3) is 15.9 Å². The first-order valence-electron chi connectivity index (χ1n) is 13.0. The number of para-hydroxylation sites is 2. The summed E-state index contributed by atoms with van der Waals surface area (Å²) in [5.74, 6) is 0.331. The molecule has 0 fully saturated rings. The molecule has 17 heteroatoms. The lowest BCUT2D eigenvalue weighted by Crippen LogP contribution is -2.19. The van der Waals surface area contributed by atoms with Crippen LogP contribution in [-0.2, 0) is 14.8 Å². The molecule has 0 saturated carbocycles. The van der Waals surface area contributed by atoms with Crippen LogP contribution in [0.25, 0.3) is 11.6 Å². The summed E-state index contributed by atoms with van der Waals surface area (Å²) in [6, 6.07) is 14.0. The molecule has 1 amide bonds. The molecular weight excluding hydrogens is 626 g/mol. The van der Waals surface area contributed by atoms with E-state index in [-0.39, 0.29) is 53.0 Å². The average Bonchev–Trinajstić information content (AvgIpc) is 3.57. The number of nitrogens with zero attached hydrogens (tertiary/aromatic N) is 5. The van der Waals surface area contributed by atoms with Crippen molar-refractivity contribution in [2.24, 2.45) is 0 Å². The number of amides is 1. The van der Waals surface area contributed by atoms with E-state index in [1.165, 1.54) is 68.4 Å². The van der Waals surface area contributed by atoms with E-state index in [4.69, 9.17) is 23.7 Å². The quantitative estimate of drug-likeness (QED) is 0.168. The third-order valence-corrected chi connectivity index (χ3v) is 7.72. The van der Waals surface area contributed by atoms with Gasteiger partial charge in [0.15, 0.2) is 28.3 Å². The van der Waals surface area contributed by atoms with Gasteiger partial charge in [-0.25, -0.2) is 33.1 Å². The van der Waals surface area contributed by atoms with Gasteiger partial charge >= 0.3 is 6.09 Å². The Labute approximate surface area is 261 Å². The van der Waals surface area contributed by atoms with Crippen LogP contribution in [0.4, 0.5) is 15.7 Å². The second-order valence-corrected chi connectivity index (χ2v) is 11.2. The standard InChI is InChI=1S/C28H25N7O8S2/c1-39-18-8-10-19(11-9-18)45(37,38)35-23-22(43-21-7-4-3-6-20(21)40-2)26(33-25(32-23)24-29-12-5-13-30-24)41-15-16-42-28(36)34-27-31-14-17-44-27/h3-14,17H,15-16H2,1-2H3,(H,31,34,36)(H,32,33,35). The van der Waals surface area contributed by atoms with Crippen molar-refractivity contribution < 1.29 is 36.9 Å². The summed E-state index contributed by atoms with van der Waals surface area (Å²) in [5.41, 5.74) is 0. The zero-order valence-corrected chi connectivity index (χ0v) is 25.4. The van der Waals surface area contributed by atoms with Gasteiger partial charge in [-0.3, -0.25) is 10.0 Å². The SMILES string of the molecule is COc1ccc(S(=O)(=O)Nc2nc(-c3ncccn3)nc(OCCOC(=O)Nc3nccs3)c2Oc2ccccc2OC)cc1. The van der Waals surface area contributed by atoms with Crippen molar-refractivity contribution in [1.82, 2.24) is 24.9 Å². The molecule has 3 aromatic heterocycles. The zero-order chi connectivity index (χ0) is 31.6. The molecule has 0 spiro atoms. The van der Waals surface area contributed by atoms with Gasteiger partial charge in [0.2, 0.25) is 11.6 Å². The van der Waals surface area contributed by atoms with Crippen LogP contribution < -0.4 is 29.0 Å². The number of thiazole rings is 1. The van der Waals surface area contributed by atoms with Crippen LogP contribution >= 0.6 is 11.3 Å². The van der Waals surface area contributed by atoms with E-state index in [2.05, 4.69) is 35.0 Å². The van der Waals surface area contributed by atoms with Crippen LogP contribution in [0.2, 0.25) is 0 Å².